The summed E-state index contributed by atoms with van der Waals surface area (Å²) in [6, 6.07) is 28.9. The van der Waals surface area contributed by atoms with E-state index in [1.807, 2.05) is 11.8 Å². The van der Waals surface area contributed by atoms with Gasteiger partial charge in [-0.15, -0.1) is 23.5 Å². The van der Waals surface area contributed by atoms with Crippen molar-refractivity contribution in [2.45, 2.75) is 72.6 Å². The summed E-state index contributed by atoms with van der Waals surface area (Å²) in [5.74, 6) is 2.32. The molecule has 1 aliphatic heterocycles. The summed E-state index contributed by atoms with van der Waals surface area (Å²) >= 11 is 4.17. The van der Waals surface area contributed by atoms with Crippen molar-refractivity contribution < 1.29 is 0 Å². The van der Waals surface area contributed by atoms with Gasteiger partial charge in [-0.25, -0.2) is 0 Å². The van der Waals surface area contributed by atoms with Crippen molar-refractivity contribution in [2.24, 2.45) is 0 Å². The van der Waals surface area contributed by atoms with Crippen molar-refractivity contribution in [3.63, 3.8) is 0 Å². The van der Waals surface area contributed by atoms with Crippen molar-refractivity contribution in [2.75, 3.05) is 41.1 Å². The Morgan fingerprint density at radius 2 is 1.07 bits per heavy atom. The average Bonchev–Trinajstić information content (AvgIpc) is 3.02. The summed E-state index contributed by atoms with van der Waals surface area (Å²) in [4.78, 5) is 2.45. The van der Waals surface area contributed by atoms with Gasteiger partial charge < -0.3 is 4.90 Å². The summed E-state index contributed by atoms with van der Waals surface area (Å²) in [5.41, 5.74) is 7.93. The molecule has 0 bridgehead atoms. The first-order valence-electron chi connectivity index (χ1n) is 16.1. The van der Waals surface area contributed by atoms with Crippen LogP contribution in [0.25, 0.3) is 5.57 Å². The summed E-state index contributed by atoms with van der Waals surface area (Å²) in [6.07, 6.45) is 15.8. The lowest BCUT2D eigenvalue weighted by molar-refractivity contribution is 0.829. The molecule has 0 radical (unpaired) electrons. The first-order valence-corrected chi connectivity index (χ1v) is 20.6. The van der Waals surface area contributed by atoms with Crippen LogP contribution in [0, 0.1) is 0 Å². The monoisotopic (exact) mass is 604 g/mol. The highest BCUT2D eigenvalue weighted by molar-refractivity contribution is 8.22. The second kappa shape index (κ2) is 16.8. The van der Waals surface area contributed by atoms with Crippen molar-refractivity contribution in [3.05, 3.63) is 94.2 Å². The molecule has 0 saturated heterocycles. The predicted molar refractivity (Wildman–Crippen MR) is 193 cm³/mol. The second-order valence-electron chi connectivity index (χ2n) is 11.3. The molecule has 0 saturated carbocycles. The maximum absolute atomic E-state index is 2.45. The van der Waals surface area contributed by atoms with Gasteiger partial charge in [-0.05, 0) is 55.7 Å². The molecule has 4 rings (SSSR count). The molecule has 3 aromatic rings. The second-order valence-corrected chi connectivity index (χ2v) is 18.4. The number of hydrogen-bond acceptors (Lipinski definition) is 3. The molecule has 0 amide bonds. The summed E-state index contributed by atoms with van der Waals surface area (Å²) in [5, 5.41) is 0. The molecular weight excluding hydrogens is 554 g/mol. The Morgan fingerprint density at radius 1 is 0.585 bits per heavy atom. The average molecular weight is 605 g/mol. The number of benzene rings is 3. The summed E-state index contributed by atoms with van der Waals surface area (Å²) < 4.78 is 1.50. The van der Waals surface area contributed by atoms with Crippen molar-refractivity contribution in [1.82, 2.24) is 0 Å². The zero-order valence-corrected chi connectivity index (χ0v) is 28.4. The van der Waals surface area contributed by atoms with Gasteiger partial charge in [0.25, 0.3) is 0 Å². The van der Waals surface area contributed by atoms with Gasteiger partial charge in [0.05, 0.1) is 36.0 Å². The van der Waals surface area contributed by atoms with Crippen LogP contribution in [0.1, 0.15) is 83.8 Å². The van der Waals surface area contributed by atoms with E-state index < -0.39 is 7.26 Å². The van der Waals surface area contributed by atoms with Crippen LogP contribution in [-0.4, -0.2) is 36.2 Å². The third kappa shape index (κ3) is 8.25. The van der Waals surface area contributed by atoms with Crippen LogP contribution in [0.15, 0.2) is 83.1 Å². The highest BCUT2D eigenvalue weighted by atomic mass is 32.2. The molecule has 3 aromatic carbocycles. The molecule has 0 N–H and O–H groups in total. The zero-order valence-electron chi connectivity index (χ0n) is 25.9. The van der Waals surface area contributed by atoms with Gasteiger partial charge >= 0.3 is 0 Å². The largest absolute Gasteiger partial charge is 0.309 e. The SMILES string of the molecule is CCCC[P+](CCCC)(CCCC)CCCSC(SCC)=C1c2ccccc2N(c2ccccc2)c2ccccc21. The molecule has 0 unspecified atom stereocenters. The number of unbranched alkanes of at least 4 members (excludes halogenated alkanes) is 3. The Hall–Kier alpha value is -1.67. The molecule has 0 fully saturated rings. The molecule has 0 spiro atoms. The van der Waals surface area contributed by atoms with E-state index in [0.29, 0.717) is 0 Å². The van der Waals surface area contributed by atoms with Crippen LogP contribution in [0.2, 0.25) is 0 Å². The van der Waals surface area contributed by atoms with Crippen LogP contribution in [-0.2, 0) is 0 Å². The lowest BCUT2D eigenvalue weighted by Gasteiger charge is -2.35. The Kier molecular flexibility index (Phi) is 13.2. The molecule has 4 heteroatoms. The number of rotatable bonds is 17. The topological polar surface area (TPSA) is 3.24 Å². The van der Waals surface area contributed by atoms with Crippen LogP contribution in [0.4, 0.5) is 17.1 Å². The van der Waals surface area contributed by atoms with Crippen LogP contribution in [0.3, 0.4) is 0 Å². The molecular formula is C37H51NPS2+. The van der Waals surface area contributed by atoms with E-state index in [2.05, 4.69) is 123 Å². The minimum absolute atomic E-state index is 0.845. The number of nitrogens with zero attached hydrogens (tertiary/aromatic N) is 1. The highest BCUT2D eigenvalue weighted by Crippen LogP contribution is 2.61. The molecule has 1 heterocycles. The standard InChI is InChI=1S/C37H51NPS2/c1-5-9-26-39(27-10-6-2,28-11-7-3)29-19-30-41-37(40-8-4)36-32-22-15-17-24-34(32)38(31-20-13-12-14-21-31)35-25-18-16-23-33(35)36/h12-18,20-25H,5-11,19,26-30H2,1-4H3/q+1. The fraction of sp³-hybridized carbons (Fsp3) is 0.459. The van der Waals surface area contributed by atoms with E-state index in [4.69, 9.17) is 0 Å². The molecule has 1 nitrogen and oxygen atoms in total. The lowest BCUT2D eigenvalue weighted by Crippen LogP contribution is -2.18. The van der Waals surface area contributed by atoms with Gasteiger partial charge in [0, 0.05) is 39.6 Å². The van der Waals surface area contributed by atoms with Crippen molar-refractivity contribution >= 4 is 53.4 Å². The third-order valence-corrected chi connectivity index (χ3v) is 15.8. The van der Waals surface area contributed by atoms with E-state index in [9.17, 15) is 0 Å². The maximum Gasteiger partial charge on any atom is 0.0602 e. The van der Waals surface area contributed by atoms with Gasteiger partial charge in [0.2, 0.25) is 0 Å². The molecule has 220 valence electrons. The molecule has 0 aromatic heterocycles. The Bertz CT molecular complexity index is 1170. The fourth-order valence-electron chi connectivity index (χ4n) is 6.14. The number of anilines is 3. The molecule has 1 aliphatic rings. The summed E-state index contributed by atoms with van der Waals surface area (Å²) in [6.45, 7) is 9.44. The van der Waals surface area contributed by atoms with Crippen LogP contribution < -0.4 is 4.90 Å². The quantitative estimate of drug-likeness (QED) is 0.0872. The van der Waals surface area contributed by atoms with Gasteiger partial charge in [-0.3, -0.25) is 0 Å². The number of thioether (sulfide) groups is 2. The first kappa shape index (κ1) is 32.2. The van der Waals surface area contributed by atoms with Gasteiger partial charge in [0.15, 0.2) is 0 Å². The molecule has 0 aliphatic carbocycles. The molecule has 41 heavy (non-hydrogen) atoms. The third-order valence-electron chi connectivity index (χ3n) is 8.29. The van der Waals surface area contributed by atoms with E-state index in [1.54, 1.807) is 0 Å². The van der Waals surface area contributed by atoms with Gasteiger partial charge in [-0.1, -0.05) is 102 Å². The van der Waals surface area contributed by atoms with Gasteiger partial charge in [0.1, 0.15) is 0 Å². The minimum Gasteiger partial charge on any atom is -0.309 e. The van der Waals surface area contributed by atoms with E-state index in [0.717, 1.165) is 5.75 Å². The fourth-order valence-corrected chi connectivity index (χ4v) is 13.9. The lowest BCUT2D eigenvalue weighted by atomic mass is 9.91. The zero-order chi connectivity index (χ0) is 28.9. The van der Waals surface area contributed by atoms with Crippen molar-refractivity contribution in [1.29, 1.82) is 0 Å². The van der Waals surface area contributed by atoms with Crippen LogP contribution >= 0.6 is 30.8 Å². The van der Waals surface area contributed by atoms with Crippen molar-refractivity contribution in [3.8, 4) is 0 Å². The first-order chi connectivity index (χ1) is 20.2. The minimum atomic E-state index is -0.845. The number of fused-ring (bicyclic) bond motifs is 2. The maximum atomic E-state index is 2.45. The Morgan fingerprint density at radius 3 is 1.59 bits per heavy atom. The number of para-hydroxylation sites is 3. The summed E-state index contributed by atoms with van der Waals surface area (Å²) in [7, 11) is -0.845. The van der Waals surface area contributed by atoms with E-state index in [1.165, 1.54) is 113 Å². The van der Waals surface area contributed by atoms with Gasteiger partial charge in [-0.2, -0.15) is 0 Å². The Labute approximate surface area is 260 Å². The highest BCUT2D eigenvalue weighted by Gasteiger charge is 2.35. The van der Waals surface area contributed by atoms with E-state index >= 15 is 0 Å². The number of hydrogen-bond donors (Lipinski definition) is 0. The van der Waals surface area contributed by atoms with E-state index in [-0.39, 0.29) is 0 Å². The predicted octanol–water partition coefficient (Wildman–Crippen LogP) is 12.5. The smallest absolute Gasteiger partial charge is 0.0602 e. The molecule has 0 atom stereocenters. The Balaban J connectivity index is 1.64. The normalized spacial score (nSPS) is 12.8. The van der Waals surface area contributed by atoms with Crippen LogP contribution in [0.5, 0.6) is 0 Å².